The van der Waals surface area contributed by atoms with E-state index in [2.05, 4.69) is 27.2 Å². The fraction of sp³-hybridized carbons (Fsp3) is 0.250. The number of carbonyl (C=O) groups is 1. The number of carbonyl (C=O) groups excluding carboxylic acids is 1. The Bertz CT molecular complexity index is 345. The van der Waals surface area contributed by atoms with Crippen molar-refractivity contribution in [3.63, 3.8) is 0 Å². The zero-order valence-electron chi connectivity index (χ0n) is 9.21. The zero-order chi connectivity index (χ0) is 11.8. The van der Waals surface area contributed by atoms with Crippen LogP contribution in [0.1, 0.15) is 29.8 Å². The van der Waals surface area contributed by atoms with Crippen molar-refractivity contribution in [1.29, 1.82) is 0 Å². The number of hydrogen-bond donors (Lipinski definition) is 0. The maximum atomic E-state index is 11.2. The van der Waals surface area contributed by atoms with Crippen LogP contribution in [0, 0.1) is 0 Å². The van der Waals surface area contributed by atoms with Crippen molar-refractivity contribution in [2.75, 3.05) is 7.11 Å². The van der Waals surface area contributed by atoms with Crippen LogP contribution in [-0.4, -0.2) is 13.1 Å². The molecular weight excluding hydrogens is 256 g/mol. The van der Waals surface area contributed by atoms with E-state index in [1.165, 1.54) is 7.11 Å². The fourth-order valence-corrected chi connectivity index (χ4v) is 1.48. The van der Waals surface area contributed by atoms with Crippen molar-refractivity contribution < 1.29 is 9.53 Å². The monoisotopic (exact) mass is 270 g/mol. The SMILES string of the molecule is C=Cc1cc(Br)cc(C(=O)OC)c1.CC. The van der Waals surface area contributed by atoms with Gasteiger partial charge in [0.1, 0.15) is 0 Å². The molecule has 0 saturated heterocycles. The van der Waals surface area contributed by atoms with Gasteiger partial charge in [-0.25, -0.2) is 4.79 Å². The van der Waals surface area contributed by atoms with E-state index in [9.17, 15) is 4.79 Å². The summed E-state index contributed by atoms with van der Waals surface area (Å²) in [5.41, 5.74) is 1.40. The minimum absolute atomic E-state index is 0.343. The third kappa shape index (κ3) is 4.30. The molecule has 0 heterocycles. The number of rotatable bonds is 2. The molecule has 1 rings (SSSR count). The lowest BCUT2D eigenvalue weighted by molar-refractivity contribution is 0.0600. The first-order chi connectivity index (χ1) is 7.17. The van der Waals surface area contributed by atoms with Crippen molar-refractivity contribution in [2.45, 2.75) is 13.8 Å². The lowest BCUT2D eigenvalue weighted by atomic mass is 10.1. The summed E-state index contributed by atoms with van der Waals surface area (Å²) in [4.78, 5) is 11.2. The van der Waals surface area contributed by atoms with Gasteiger partial charge in [0.05, 0.1) is 12.7 Å². The summed E-state index contributed by atoms with van der Waals surface area (Å²) in [6, 6.07) is 5.31. The first-order valence-electron chi connectivity index (χ1n) is 4.68. The molecule has 2 nitrogen and oxygen atoms in total. The van der Waals surface area contributed by atoms with Gasteiger partial charge in [-0.2, -0.15) is 0 Å². The van der Waals surface area contributed by atoms with Crippen LogP contribution in [0.2, 0.25) is 0 Å². The third-order valence-corrected chi connectivity index (χ3v) is 2.03. The van der Waals surface area contributed by atoms with Crippen LogP contribution in [0.4, 0.5) is 0 Å². The van der Waals surface area contributed by atoms with Gasteiger partial charge in [0.25, 0.3) is 0 Å². The highest BCUT2D eigenvalue weighted by atomic mass is 79.9. The number of methoxy groups -OCH3 is 1. The predicted molar refractivity (Wildman–Crippen MR) is 66.9 cm³/mol. The Kier molecular flexibility index (Phi) is 6.71. The maximum Gasteiger partial charge on any atom is 0.337 e. The van der Waals surface area contributed by atoms with Gasteiger partial charge in [-0.1, -0.05) is 42.4 Å². The smallest absolute Gasteiger partial charge is 0.337 e. The van der Waals surface area contributed by atoms with Crippen LogP contribution >= 0.6 is 15.9 Å². The number of halogens is 1. The number of hydrogen-bond acceptors (Lipinski definition) is 2. The van der Waals surface area contributed by atoms with Crippen LogP contribution in [-0.2, 0) is 4.74 Å². The molecule has 1 aromatic carbocycles. The summed E-state index contributed by atoms with van der Waals surface area (Å²) in [6.07, 6.45) is 1.68. The summed E-state index contributed by atoms with van der Waals surface area (Å²) in [5.74, 6) is -0.343. The zero-order valence-corrected chi connectivity index (χ0v) is 10.8. The standard InChI is InChI=1S/C10H9BrO2.C2H6/c1-3-7-4-8(10(12)13-2)6-9(11)5-7;1-2/h3-6H,1H2,2H3;1-2H3. The first-order valence-corrected chi connectivity index (χ1v) is 5.48. The molecule has 15 heavy (non-hydrogen) atoms. The molecule has 0 fully saturated rings. The van der Waals surface area contributed by atoms with Crippen LogP contribution in [0.15, 0.2) is 29.3 Å². The van der Waals surface area contributed by atoms with Crippen LogP contribution in [0.3, 0.4) is 0 Å². The van der Waals surface area contributed by atoms with E-state index in [1.54, 1.807) is 18.2 Å². The molecule has 0 atom stereocenters. The van der Waals surface area contributed by atoms with Gasteiger partial charge in [0.2, 0.25) is 0 Å². The van der Waals surface area contributed by atoms with Gasteiger partial charge >= 0.3 is 5.97 Å². The second-order valence-electron chi connectivity index (χ2n) is 2.47. The van der Waals surface area contributed by atoms with Crippen LogP contribution in [0.25, 0.3) is 6.08 Å². The Balaban J connectivity index is 0.000000921. The van der Waals surface area contributed by atoms with Gasteiger partial charge in [-0.3, -0.25) is 0 Å². The van der Waals surface area contributed by atoms with Crippen molar-refractivity contribution in [3.8, 4) is 0 Å². The van der Waals surface area contributed by atoms with E-state index in [1.807, 2.05) is 19.9 Å². The average Bonchev–Trinajstić information content (AvgIpc) is 2.29. The summed E-state index contributed by atoms with van der Waals surface area (Å²) in [6.45, 7) is 7.63. The van der Waals surface area contributed by atoms with Crippen molar-refractivity contribution in [1.82, 2.24) is 0 Å². The highest BCUT2D eigenvalue weighted by Gasteiger charge is 2.06. The van der Waals surface area contributed by atoms with Crippen LogP contribution < -0.4 is 0 Å². The Morgan fingerprint density at radius 1 is 1.40 bits per heavy atom. The Hall–Kier alpha value is -1.09. The van der Waals surface area contributed by atoms with Gasteiger partial charge in [0, 0.05) is 4.47 Å². The molecule has 0 bridgehead atoms. The maximum absolute atomic E-state index is 11.2. The van der Waals surface area contributed by atoms with E-state index >= 15 is 0 Å². The summed E-state index contributed by atoms with van der Waals surface area (Å²) >= 11 is 3.30. The van der Waals surface area contributed by atoms with E-state index < -0.39 is 0 Å². The predicted octanol–water partition coefficient (Wildman–Crippen LogP) is 3.90. The quantitative estimate of drug-likeness (QED) is 0.762. The molecule has 0 amide bonds. The average molecular weight is 271 g/mol. The molecule has 0 N–H and O–H groups in total. The van der Waals surface area contributed by atoms with Gasteiger partial charge in [-0.05, 0) is 23.8 Å². The van der Waals surface area contributed by atoms with Crippen molar-refractivity contribution in [3.05, 3.63) is 40.4 Å². The second-order valence-corrected chi connectivity index (χ2v) is 3.38. The van der Waals surface area contributed by atoms with Crippen LogP contribution in [0.5, 0.6) is 0 Å². The Labute approximate surface area is 99.1 Å². The summed E-state index contributed by atoms with van der Waals surface area (Å²) in [5, 5.41) is 0. The molecule has 1 aromatic rings. The van der Waals surface area contributed by atoms with Gasteiger partial charge in [0.15, 0.2) is 0 Å². The Morgan fingerprint density at radius 2 is 2.00 bits per heavy atom. The second kappa shape index (κ2) is 7.23. The van der Waals surface area contributed by atoms with Gasteiger partial charge in [-0.15, -0.1) is 0 Å². The molecule has 0 unspecified atom stereocenters. The largest absolute Gasteiger partial charge is 0.465 e. The normalized spacial score (nSPS) is 8.53. The molecule has 82 valence electrons. The highest BCUT2D eigenvalue weighted by molar-refractivity contribution is 9.10. The molecule has 0 spiro atoms. The van der Waals surface area contributed by atoms with E-state index in [0.717, 1.165) is 10.0 Å². The van der Waals surface area contributed by atoms with Crippen molar-refractivity contribution in [2.24, 2.45) is 0 Å². The molecular formula is C12H15BrO2. The third-order valence-electron chi connectivity index (χ3n) is 1.58. The fourth-order valence-electron chi connectivity index (χ4n) is 0.966. The van der Waals surface area contributed by atoms with Gasteiger partial charge < -0.3 is 4.74 Å². The van der Waals surface area contributed by atoms with Crippen molar-refractivity contribution >= 4 is 28.0 Å². The summed E-state index contributed by atoms with van der Waals surface area (Å²) in [7, 11) is 1.36. The van der Waals surface area contributed by atoms with E-state index in [-0.39, 0.29) is 5.97 Å². The molecule has 0 aliphatic heterocycles. The minimum Gasteiger partial charge on any atom is -0.465 e. The molecule has 0 aromatic heterocycles. The Morgan fingerprint density at radius 3 is 2.47 bits per heavy atom. The molecule has 0 radical (unpaired) electrons. The molecule has 0 aliphatic carbocycles. The molecule has 0 saturated carbocycles. The lowest BCUT2D eigenvalue weighted by Crippen LogP contribution is -2.01. The minimum atomic E-state index is -0.343. The summed E-state index contributed by atoms with van der Waals surface area (Å²) < 4.78 is 5.43. The number of ether oxygens (including phenoxy) is 1. The molecule has 3 heteroatoms. The topological polar surface area (TPSA) is 26.3 Å². The molecule has 0 aliphatic rings. The lowest BCUT2D eigenvalue weighted by Gasteiger charge is -2.01. The first kappa shape index (κ1) is 13.9. The highest BCUT2D eigenvalue weighted by Crippen LogP contribution is 2.17. The van der Waals surface area contributed by atoms with E-state index in [4.69, 9.17) is 0 Å². The number of benzene rings is 1. The number of esters is 1. The van der Waals surface area contributed by atoms with E-state index in [0.29, 0.717) is 5.56 Å².